The Morgan fingerprint density at radius 3 is 2.47 bits per heavy atom. The smallest absolute Gasteiger partial charge is 0.269 e. The largest absolute Gasteiger partial charge is 0.299 e. The summed E-state index contributed by atoms with van der Waals surface area (Å²) in [6.45, 7) is 6.01. The molecule has 0 heterocycles. The maximum absolute atomic E-state index is 12.0. The van der Waals surface area contributed by atoms with Crippen LogP contribution in [0.2, 0.25) is 0 Å². The van der Waals surface area contributed by atoms with Crippen LogP contribution in [-0.2, 0) is 4.79 Å². The number of hydrogen-bond donors (Lipinski definition) is 0. The number of carbonyl (C=O) groups excluding carboxylic acids is 1. The molecule has 2 rings (SSSR count). The number of rotatable bonds is 4. The highest BCUT2D eigenvalue weighted by Crippen LogP contribution is 2.55. The number of aryl methyl sites for hydroxylation is 1. The van der Waals surface area contributed by atoms with Gasteiger partial charge in [-0.2, -0.15) is 0 Å². The van der Waals surface area contributed by atoms with Gasteiger partial charge in [-0.25, -0.2) is 0 Å². The molecular weight excluding hydrogens is 242 g/mol. The number of nitro benzene ring substituents is 1. The van der Waals surface area contributed by atoms with Gasteiger partial charge >= 0.3 is 0 Å². The van der Waals surface area contributed by atoms with Crippen LogP contribution < -0.4 is 0 Å². The molecule has 0 radical (unpaired) electrons. The fourth-order valence-corrected chi connectivity index (χ4v) is 3.31. The van der Waals surface area contributed by atoms with Crippen LogP contribution in [0.5, 0.6) is 0 Å². The SMILES string of the molecule is CCC1(CC)C(=O)CC1c1cc([N+](=O)[O-])ccc1C. The molecule has 1 unspecified atom stereocenters. The Morgan fingerprint density at radius 1 is 1.37 bits per heavy atom. The van der Waals surface area contributed by atoms with Crippen LogP contribution in [0, 0.1) is 22.5 Å². The summed E-state index contributed by atoms with van der Waals surface area (Å²) in [7, 11) is 0. The molecule has 102 valence electrons. The Labute approximate surface area is 113 Å². The molecule has 0 saturated heterocycles. The van der Waals surface area contributed by atoms with Crippen molar-refractivity contribution in [3.8, 4) is 0 Å². The summed E-state index contributed by atoms with van der Waals surface area (Å²) in [6, 6.07) is 4.96. The molecule has 0 spiro atoms. The Bertz CT molecular complexity index is 532. The first kappa shape index (κ1) is 13.7. The predicted molar refractivity (Wildman–Crippen MR) is 73.2 cm³/mol. The zero-order chi connectivity index (χ0) is 14.2. The van der Waals surface area contributed by atoms with Gasteiger partial charge < -0.3 is 0 Å². The second kappa shape index (κ2) is 4.76. The topological polar surface area (TPSA) is 60.2 Å². The molecule has 1 aromatic carbocycles. The van der Waals surface area contributed by atoms with Gasteiger partial charge in [0.2, 0.25) is 0 Å². The van der Waals surface area contributed by atoms with Crippen LogP contribution in [0.3, 0.4) is 0 Å². The summed E-state index contributed by atoms with van der Waals surface area (Å²) in [5.41, 5.74) is 1.81. The second-order valence-electron chi connectivity index (χ2n) is 5.34. The molecule has 1 atom stereocenters. The molecule has 19 heavy (non-hydrogen) atoms. The quantitative estimate of drug-likeness (QED) is 0.612. The molecule has 4 nitrogen and oxygen atoms in total. The monoisotopic (exact) mass is 261 g/mol. The minimum absolute atomic E-state index is 0.112. The summed E-state index contributed by atoms with van der Waals surface area (Å²) in [6.07, 6.45) is 2.12. The van der Waals surface area contributed by atoms with Crippen LogP contribution in [0.15, 0.2) is 18.2 Å². The normalized spacial score (nSPS) is 21.0. The fraction of sp³-hybridized carbons (Fsp3) is 0.533. The summed E-state index contributed by atoms with van der Waals surface area (Å²) >= 11 is 0. The zero-order valence-electron chi connectivity index (χ0n) is 11.6. The van der Waals surface area contributed by atoms with Crippen LogP contribution in [-0.4, -0.2) is 10.7 Å². The molecular formula is C15H19NO3. The molecule has 1 aromatic rings. The van der Waals surface area contributed by atoms with Crippen LogP contribution in [0.1, 0.15) is 50.2 Å². The molecule has 1 saturated carbocycles. The van der Waals surface area contributed by atoms with Crippen molar-refractivity contribution in [2.45, 2.75) is 46.0 Å². The molecule has 0 aliphatic heterocycles. The lowest BCUT2D eigenvalue weighted by atomic mass is 9.54. The van der Waals surface area contributed by atoms with E-state index in [2.05, 4.69) is 0 Å². The number of carbonyl (C=O) groups is 1. The highest BCUT2D eigenvalue weighted by atomic mass is 16.6. The third-order valence-corrected chi connectivity index (χ3v) is 4.72. The number of benzene rings is 1. The summed E-state index contributed by atoms with van der Waals surface area (Å²) in [5, 5.41) is 10.9. The Kier molecular flexibility index (Phi) is 3.43. The number of ketones is 1. The molecule has 1 fully saturated rings. The van der Waals surface area contributed by atoms with Crippen LogP contribution in [0.25, 0.3) is 0 Å². The van der Waals surface area contributed by atoms with Gasteiger partial charge in [0.15, 0.2) is 0 Å². The zero-order valence-corrected chi connectivity index (χ0v) is 11.6. The number of Topliss-reactive ketones (excluding diaryl/α,β-unsaturated/α-hetero) is 1. The molecule has 1 aliphatic carbocycles. The van der Waals surface area contributed by atoms with E-state index in [0.29, 0.717) is 12.2 Å². The highest BCUT2D eigenvalue weighted by molar-refractivity contribution is 5.93. The van der Waals surface area contributed by atoms with E-state index >= 15 is 0 Å². The fourth-order valence-electron chi connectivity index (χ4n) is 3.31. The van der Waals surface area contributed by atoms with Crippen molar-refractivity contribution in [3.63, 3.8) is 0 Å². The first-order valence-corrected chi connectivity index (χ1v) is 6.74. The van der Waals surface area contributed by atoms with Crippen LogP contribution >= 0.6 is 0 Å². The van der Waals surface area contributed by atoms with Gasteiger partial charge in [-0.1, -0.05) is 19.9 Å². The molecule has 0 aromatic heterocycles. The average molecular weight is 261 g/mol. The van der Waals surface area contributed by atoms with Gasteiger partial charge in [0, 0.05) is 29.9 Å². The van der Waals surface area contributed by atoms with Crippen molar-refractivity contribution in [2.75, 3.05) is 0 Å². The van der Waals surface area contributed by atoms with E-state index in [1.807, 2.05) is 20.8 Å². The van der Waals surface area contributed by atoms with E-state index in [0.717, 1.165) is 24.0 Å². The van der Waals surface area contributed by atoms with Crippen molar-refractivity contribution in [2.24, 2.45) is 5.41 Å². The lowest BCUT2D eigenvalue weighted by Gasteiger charge is -2.48. The van der Waals surface area contributed by atoms with Crippen LogP contribution in [0.4, 0.5) is 5.69 Å². The van der Waals surface area contributed by atoms with Crippen molar-refractivity contribution in [3.05, 3.63) is 39.4 Å². The maximum atomic E-state index is 12.0. The van der Waals surface area contributed by atoms with Gasteiger partial charge in [0.25, 0.3) is 5.69 Å². The van der Waals surface area contributed by atoms with Gasteiger partial charge in [-0.05, 0) is 30.9 Å². The molecule has 0 bridgehead atoms. The highest BCUT2D eigenvalue weighted by Gasteiger charge is 2.52. The van der Waals surface area contributed by atoms with Crippen molar-refractivity contribution >= 4 is 11.5 Å². The minimum Gasteiger partial charge on any atom is -0.299 e. The second-order valence-corrected chi connectivity index (χ2v) is 5.34. The van der Waals surface area contributed by atoms with Crippen molar-refractivity contribution in [1.82, 2.24) is 0 Å². The van der Waals surface area contributed by atoms with Gasteiger partial charge in [0.1, 0.15) is 5.78 Å². The third-order valence-electron chi connectivity index (χ3n) is 4.72. The summed E-state index contributed by atoms with van der Waals surface area (Å²) in [5.74, 6) is 0.434. The van der Waals surface area contributed by atoms with Gasteiger partial charge in [-0.3, -0.25) is 14.9 Å². The Morgan fingerprint density at radius 2 is 2.00 bits per heavy atom. The lowest BCUT2D eigenvalue weighted by Crippen LogP contribution is -2.47. The first-order chi connectivity index (χ1) is 8.96. The first-order valence-electron chi connectivity index (χ1n) is 6.74. The number of nitro groups is 1. The average Bonchev–Trinajstić information content (AvgIpc) is 2.38. The third kappa shape index (κ3) is 1.95. The molecule has 4 heteroatoms. The Hall–Kier alpha value is -1.71. The minimum atomic E-state index is -0.372. The summed E-state index contributed by atoms with van der Waals surface area (Å²) in [4.78, 5) is 22.5. The predicted octanol–water partition coefficient (Wildman–Crippen LogP) is 3.77. The Balaban J connectivity index is 2.45. The number of hydrogen-bond acceptors (Lipinski definition) is 3. The van der Waals surface area contributed by atoms with Crippen molar-refractivity contribution < 1.29 is 9.72 Å². The number of non-ortho nitro benzene ring substituents is 1. The van der Waals surface area contributed by atoms with Crippen molar-refractivity contribution in [1.29, 1.82) is 0 Å². The van der Waals surface area contributed by atoms with E-state index in [4.69, 9.17) is 0 Å². The lowest BCUT2D eigenvalue weighted by molar-refractivity contribution is -0.385. The van der Waals surface area contributed by atoms with Gasteiger partial charge in [0.05, 0.1) is 4.92 Å². The standard InChI is InChI=1S/C15H19NO3/c1-4-15(5-2)13(9-14(15)17)12-8-11(16(18)19)7-6-10(12)3/h6-8,13H,4-5,9H2,1-3H3. The van der Waals surface area contributed by atoms with E-state index in [9.17, 15) is 14.9 Å². The summed E-state index contributed by atoms with van der Waals surface area (Å²) < 4.78 is 0. The molecule has 0 amide bonds. The maximum Gasteiger partial charge on any atom is 0.269 e. The van der Waals surface area contributed by atoms with Gasteiger partial charge in [-0.15, -0.1) is 0 Å². The van der Waals surface area contributed by atoms with E-state index in [1.54, 1.807) is 12.1 Å². The van der Waals surface area contributed by atoms with E-state index < -0.39 is 0 Å². The van der Waals surface area contributed by atoms with E-state index in [-0.39, 0.29) is 21.9 Å². The number of nitrogens with zero attached hydrogens (tertiary/aromatic N) is 1. The molecule has 1 aliphatic rings. The molecule has 0 N–H and O–H groups in total. The van der Waals surface area contributed by atoms with E-state index in [1.165, 1.54) is 6.07 Å².